The van der Waals surface area contributed by atoms with Crippen molar-refractivity contribution in [3.05, 3.63) is 53.8 Å². The van der Waals surface area contributed by atoms with Crippen LogP contribution in [0.2, 0.25) is 0 Å². The predicted molar refractivity (Wildman–Crippen MR) is 101 cm³/mol. The lowest BCUT2D eigenvalue weighted by molar-refractivity contribution is -0.139. The number of hydrogen-bond acceptors (Lipinski definition) is 6. The van der Waals surface area contributed by atoms with Crippen molar-refractivity contribution in [1.29, 1.82) is 0 Å². The lowest BCUT2D eigenvalue weighted by Crippen LogP contribution is -2.45. The minimum Gasteiger partial charge on any atom is -0.497 e. The lowest BCUT2D eigenvalue weighted by Gasteiger charge is -2.38. The van der Waals surface area contributed by atoms with Crippen LogP contribution in [0.4, 0.5) is 0 Å². The van der Waals surface area contributed by atoms with Crippen LogP contribution in [0.25, 0.3) is 0 Å². The number of allylic oxidation sites excluding steroid dienone is 1. The average molecular weight is 372 g/mol. The van der Waals surface area contributed by atoms with Crippen molar-refractivity contribution in [2.24, 2.45) is 4.99 Å². The highest BCUT2D eigenvalue weighted by molar-refractivity contribution is 8.14. The van der Waals surface area contributed by atoms with E-state index >= 15 is 0 Å². The zero-order valence-corrected chi connectivity index (χ0v) is 15.5. The van der Waals surface area contributed by atoms with Gasteiger partial charge in [-0.05, 0) is 24.6 Å². The highest BCUT2D eigenvalue weighted by Crippen LogP contribution is 2.41. The van der Waals surface area contributed by atoms with Gasteiger partial charge in [-0.25, -0.2) is 9.79 Å². The van der Waals surface area contributed by atoms with Crippen molar-refractivity contribution in [1.82, 2.24) is 4.90 Å². The van der Waals surface area contributed by atoms with Crippen molar-refractivity contribution >= 4 is 28.8 Å². The van der Waals surface area contributed by atoms with E-state index in [2.05, 4.69) is 11.6 Å². The number of nitrogens with zero attached hydrogens (tertiary/aromatic N) is 2. The molecular weight excluding hydrogens is 352 g/mol. The van der Waals surface area contributed by atoms with Crippen LogP contribution >= 0.6 is 11.8 Å². The van der Waals surface area contributed by atoms with Gasteiger partial charge < -0.3 is 9.47 Å². The minimum atomic E-state index is -0.588. The molecule has 1 atom stereocenters. The maximum Gasteiger partial charge on any atom is 0.338 e. The van der Waals surface area contributed by atoms with Gasteiger partial charge >= 0.3 is 5.97 Å². The van der Waals surface area contributed by atoms with Crippen LogP contribution in [0.15, 0.2) is 53.2 Å². The van der Waals surface area contributed by atoms with Gasteiger partial charge in [0, 0.05) is 12.2 Å². The Morgan fingerprint density at radius 3 is 3.04 bits per heavy atom. The van der Waals surface area contributed by atoms with Crippen molar-refractivity contribution in [2.75, 3.05) is 19.5 Å². The molecule has 6 nitrogen and oxygen atoms in total. The third-order valence-electron chi connectivity index (χ3n) is 4.17. The Morgan fingerprint density at radius 1 is 1.50 bits per heavy atom. The number of rotatable bonds is 5. The number of amides is 1. The Hall–Kier alpha value is -2.54. The van der Waals surface area contributed by atoms with Gasteiger partial charge in [0.05, 0.1) is 24.4 Å². The molecule has 0 aliphatic carbocycles. The predicted octanol–water partition coefficient (Wildman–Crippen LogP) is 3.07. The zero-order chi connectivity index (χ0) is 18.7. The van der Waals surface area contributed by atoms with Crippen LogP contribution < -0.4 is 4.74 Å². The van der Waals surface area contributed by atoms with E-state index < -0.39 is 12.0 Å². The molecule has 2 aliphatic rings. The summed E-state index contributed by atoms with van der Waals surface area (Å²) in [6, 6.07) is 6.77. The van der Waals surface area contributed by atoms with Crippen LogP contribution in [-0.4, -0.2) is 41.4 Å². The topological polar surface area (TPSA) is 68.2 Å². The average Bonchev–Trinajstić information content (AvgIpc) is 2.65. The first-order valence-corrected chi connectivity index (χ1v) is 9.21. The van der Waals surface area contributed by atoms with E-state index in [0.717, 1.165) is 5.56 Å². The maximum atomic E-state index is 12.7. The van der Waals surface area contributed by atoms with Crippen molar-refractivity contribution in [2.45, 2.75) is 19.4 Å². The number of carbonyl (C=O) groups excluding carboxylic acids is 2. The molecule has 0 unspecified atom stereocenters. The number of carbonyl (C=O) groups is 2. The Kier molecular flexibility index (Phi) is 5.46. The van der Waals surface area contributed by atoms with Crippen LogP contribution in [0, 0.1) is 0 Å². The summed E-state index contributed by atoms with van der Waals surface area (Å²) in [5, 5.41) is 0.617. The number of thioether (sulfide) groups is 1. The van der Waals surface area contributed by atoms with Gasteiger partial charge in [0.1, 0.15) is 12.4 Å². The first-order chi connectivity index (χ1) is 12.6. The van der Waals surface area contributed by atoms with E-state index in [4.69, 9.17) is 9.47 Å². The second-order valence-corrected chi connectivity index (χ2v) is 6.88. The SMILES string of the molecule is C=CCOC(=O)C1=C(C)N=C2SCCC(=O)N2[C@H]1c1cccc(OC)c1. The number of fused-ring (bicyclic) bond motifs is 1. The fourth-order valence-corrected chi connectivity index (χ4v) is 4.00. The molecule has 7 heteroatoms. The van der Waals surface area contributed by atoms with E-state index in [1.165, 1.54) is 17.8 Å². The second kappa shape index (κ2) is 7.78. The maximum absolute atomic E-state index is 12.7. The first kappa shape index (κ1) is 18.3. The highest BCUT2D eigenvalue weighted by Gasteiger charge is 2.41. The first-order valence-electron chi connectivity index (χ1n) is 8.23. The molecule has 1 fully saturated rings. The molecule has 2 heterocycles. The molecule has 1 aromatic carbocycles. The van der Waals surface area contributed by atoms with Crippen LogP contribution in [-0.2, 0) is 14.3 Å². The normalized spacial score (nSPS) is 19.6. The fourth-order valence-electron chi connectivity index (χ4n) is 3.00. The molecule has 1 amide bonds. The van der Waals surface area contributed by atoms with E-state index in [-0.39, 0.29) is 12.5 Å². The summed E-state index contributed by atoms with van der Waals surface area (Å²) in [7, 11) is 1.58. The summed E-state index contributed by atoms with van der Waals surface area (Å²) in [6.07, 6.45) is 1.91. The summed E-state index contributed by atoms with van der Waals surface area (Å²) in [6.45, 7) is 5.43. The smallest absolute Gasteiger partial charge is 0.338 e. The van der Waals surface area contributed by atoms with Crippen molar-refractivity contribution in [3.63, 3.8) is 0 Å². The van der Waals surface area contributed by atoms with Crippen LogP contribution in [0.5, 0.6) is 5.75 Å². The Balaban J connectivity index is 2.12. The summed E-state index contributed by atoms with van der Waals surface area (Å²) < 4.78 is 10.6. The Bertz CT molecular complexity index is 816. The zero-order valence-electron chi connectivity index (χ0n) is 14.7. The third-order valence-corrected chi connectivity index (χ3v) is 5.12. The van der Waals surface area contributed by atoms with Gasteiger partial charge in [-0.1, -0.05) is 36.5 Å². The summed E-state index contributed by atoms with van der Waals surface area (Å²) in [5.41, 5.74) is 1.69. The molecule has 1 saturated heterocycles. The van der Waals surface area contributed by atoms with Gasteiger partial charge in [-0.2, -0.15) is 0 Å². The molecule has 0 N–H and O–H groups in total. The number of benzene rings is 1. The van der Waals surface area contributed by atoms with Gasteiger partial charge in [0.25, 0.3) is 0 Å². The molecule has 0 radical (unpaired) electrons. The van der Waals surface area contributed by atoms with Gasteiger partial charge in [0.15, 0.2) is 5.17 Å². The van der Waals surface area contributed by atoms with E-state index in [0.29, 0.717) is 34.4 Å². The van der Waals surface area contributed by atoms with Crippen LogP contribution in [0.1, 0.15) is 24.9 Å². The largest absolute Gasteiger partial charge is 0.497 e. The van der Waals surface area contributed by atoms with Crippen molar-refractivity contribution < 1.29 is 19.1 Å². The number of methoxy groups -OCH3 is 1. The van der Waals surface area contributed by atoms with E-state index in [9.17, 15) is 9.59 Å². The summed E-state index contributed by atoms with van der Waals surface area (Å²) in [4.78, 5) is 31.5. The molecule has 0 saturated carbocycles. The quantitative estimate of drug-likeness (QED) is 0.587. The number of aliphatic imine (C=N–C) groups is 1. The molecule has 136 valence electrons. The van der Waals surface area contributed by atoms with Gasteiger partial charge in [-0.15, -0.1) is 0 Å². The monoisotopic (exact) mass is 372 g/mol. The number of amidine groups is 1. The van der Waals surface area contributed by atoms with Gasteiger partial charge in [0.2, 0.25) is 5.91 Å². The van der Waals surface area contributed by atoms with Gasteiger partial charge in [-0.3, -0.25) is 9.69 Å². The minimum absolute atomic E-state index is 0.0585. The van der Waals surface area contributed by atoms with Crippen LogP contribution in [0.3, 0.4) is 0 Å². The molecule has 1 aromatic rings. The molecule has 0 aromatic heterocycles. The number of ether oxygens (including phenoxy) is 2. The Morgan fingerprint density at radius 2 is 2.31 bits per heavy atom. The lowest BCUT2D eigenvalue weighted by atomic mass is 9.94. The fraction of sp³-hybridized carbons (Fsp3) is 0.316. The van der Waals surface area contributed by atoms with Crippen molar-refractivity contribution in [3.8, 4) is 5.75 Å². The standard InChI is InChI=1S/C19H20N2O4S/c1-4-9-25-18(23)16-12(2)20-19-21(15(22)8-10-26-19)17(16)13-6-5-7-14(11-13)24-3/h4-7,11,17H,1,8-10H2,2-3H3/t17-/m0/s1. The Labute approximate surface area is 156 Å². The second-order valence-electron chi connectivity index (χ2n) is 5.82. The summed E-state index contributed by atoms with van der Waals surface area (Å²) >= 11 is 1.52. The van der Waals surface area contributed by atoms with E-state index in [1.54, 1.807) is 18.9 Å². The molecular formula is C19H20N2O4S. The highest BCUT2D eigenvalue weighted by atomic mass is 32.2. The summed E-state index contributed by atoms with van der Waals surface area (Å²) in [5.74, 6) is 0.779. The third kappa shape index (κ3) is 3.39. The number of hydrogen-bond donors (Lipinski definition) is 0. The molecule has 0 bridgehead atoms. The van der Waals surface area contributed by atoms with E-state index in [1.807, 2.05) is 24.3 Å². The number of esters is 1. The molecule has 2 aliphatic heterocycles. The molecule has 3 rings (SSSR count). The molecule has 26 heavy (non-hydrogen) atoms. The molecule has 0 spiro atoms.